The maximum absolute atomic E-state index is 11.2. The van der Waals surface area contributed by atoms with Gasteiger partial charge in [-0.05, 0) is 24.0 Å². The highest BCUT2D eigenvalue weighted by Crippen LogP contribution is 2.10. The molecular formula is C15H22N2O3. The molecule has 5 nitrogen and oxygen atoms in total. The molecule has 0 saturated heterocycles. The van der Waals surface area contributed by atoms with Gasteiger partial charge < -0.3 is 0 Å². The van der Waals surface area contributed by atoms with Crippen molar-refractivity contribution in [2.75, 3.05) is 0 Å². The molecule has 0 atom stereocenters. The van der Waals surface area contributed by atoms with Gasteiger partial charge in [-0.1, -0.05) is 43.7 Å². The minimum atomic E-state index is -0.419. The number of carbonyl (C=O) groups is 1. The van der Waals surface area contributed by atoms with Gasteiger partial charge in [0.2, 0.25) is 5.91 Å². The maximum atomic E-state index is 11.2. The summed E-state index contributed by atoms with van der Waals surface area (Å²) in [5, 5.41) is 8.55. The predicted octanol–water partition coefficient (Wildman–Crippen LogP) is 2.68. The van der Waals surface area contributed by atoms with Crippen LogP contribution in [0.15, 0.2) is 42.1 Å². The van der Waals surface area contributed by atoms with Crippen LogP contribution in [0.2, 0.25) is 0 Å². The van der Waals surface area contributed by atoms with Crippen molar-refractivity contribution in [3.63, 3.8) is 0 Å². The van der Waals surface area contributed by atoms with E-state index < -0.39 is 5.91 Å². The number of nitrogens with one attached hydrogen (secondary N) is 2. The zero-order valence-corrected chi connectivity index (χ0v) is 11.8. The smallest absolute Gasteiger partial charge is 0.247 e. The van der Waals surface area contributed by atoms with Crippen LogP contribution in [0.25, 0.3) is 0 Å². The quantitative estimate of drug-likeness (QED) is 0.369. The van der Waals surface area contributed by atoms with Crippen LogP contribution in [-0.4, -0.2) is 11.1 Å². The lowest BCUT2D eigenvalue weighted by atomic mass is 10.1. The third-order valence-corrected chi connectivity index (χ3v) is 2.79. The average molecular weight is 278 g/mol. The highest BCUT2D eigenvalue weighted by Gasteiger charge is 2.04. The average Bonchev–Trinajstić information content (AvgIpc) is 2.49. The van der Waals surface area contributed by atoms with Gasteiger partial charge in [0.05, 0.1) is 13.0 Å². The number of amides is 1. The lowest BCUT2D eigenvalue weighted by molar-refractivity contribution is -0.128. The molecule has 0 heterocycles. The molecule has 110 valence electrons. The number of hydroxylamine groups is 2. The fourth-order valence-corrected chi connectivity index (χ4v) is 1.69. The van der Waals surface area contributed by atoms with E-state index in [9.17, 15) is 4.79 Å². The molecule has 1 amide bonds. The predicted molar refractivity (Wildman–Crippen MR) is 76.5 cm³/mol. The number of rotatable bonds is 9. The third-order valence-electron chi connectivity index (χ3n) is 2.79. The fraction of sp³-hybridized carbons (Fsp3) is 0.400. The number of carbonyl (C=O) groups excluding carboxylic acids is 1. The second kappa shape index (κ2) is 10.00. The maximum Gasteiger partial charge on any atom is 0.247 e. The summed E-state index contributed by atoms with van der Waals surface area (Å²) in [4.78, 5) is 16.5. The van der Waals surface area contributed by atoms with Gasteiger partial charge in [0, 0.05) is 6.20 Å². The molecule has 5 heteroatoms. The number of benzene rings is 1. The number of unbranched alkanes of at least 4 members (excludes halogenated alkanes) is 1. The van der Waals surface area contributed by atoms with Crippen LogP contribution in [0, 0.1) is 0 Å². The molecule has 0 aromatic heterocycles. The van der Waals surface area contributed by atoms with E-state index in [4.69, 9.17) is 10.0 Å². The van der Waals surface area contributed by atoms with E-state index in [1.807, 2.05) is 30.3 Å². The molecule has 0 aliphatic rings. The highest BCUT2D eigenvalue weighted by atomic mass is 16.6. The normalized spacial score (nSPS) is 11.2. The summed E-state index contributed by atoms with van der Waals surface area (Å²) >= 11 is 0. The Morgan fingerprint density at radius 2 is 2.10 bits per heavy atom. The van der Waals surface area contributed by atoms with Crippen molar-refractivity contribution < 1.29 is 14.8 Å². The lowest BCUT2D eigenvalue weighted by Crippen LogP contribution is -2.19. The number of hydrogen-bond acceptors (Lipinski definition) is 4. The van der Waals surface area contributed by atoms with Crippen LogP contribution in [0.4, 0.5) is 0 Å². The van der Waals surface area contributed by atoms with Crippen LogP contribution in [0.3, 0.4) is 0 Å². The van der Waals surface area contributed by atoms with E-state index in [0.29, 0.717) is 6.61 Å². The first-order chi connectivity index (χ1) is 9.76. The van der Waals surface area contributed by atoms with E-state index in [2.05, 4.69) is 12.4 Å². The van der Waals surface area contributed by atoms with E-state index >= 15 is 0 Å². The van der Waals surface area contributed by atoms with Crippen molar-refractivity contribution in [1.29, 1.82) is 0 Å². The summed E-state index contributed by atoms with van der Waals surface area (Å²) in [6.45, 7) is 2.54. The molecule has 1 aromatic carbocycles. The Morgan fingerprint density at radius 1 is 1.35 bits per heavy atom. The Morgan fingerprint density at radius 3 is 2.75 bits per heavy atom. The van der Waals surface area contributed by atoms with E-state index in [-0.39, 0.29) is 6.42 Å². The molecule has 0 radical (unpaired) electrons. The topological polar surface area (TPSA) is 70.6 Å². The van der Waals surface area contributed by atoms with Crippen LogP contribution >= 0.6 is 0 Å². The van der Waals surface area contributed by atoms with Crippen molar-refractivity contribution in [3.05, 3.63) is 47.7 Å². The Kier molecular flexibility index (Phi) is 8.10. The van der Waals surface area contributed by atoms with Gasteiger partial charge in [-0.3, -0.25) is 20.3 Å². The molecule has 0 aliphatic carbocycles. The van der Waals surface area contributed by atoms with Crippen LogP contribution in [0.1, 0.15) is 38.2 Å². The highest BCUT2D eigenvalue weighted by molar-refractivity contribution is 5.77. The Balaban J connectivity index is 2.38. The second-order valence-electron chi connectivity index (χ2n) is 4.51. The minimum absolute atomic E-state index is 0.165. The molecule has 1 rings (SSSR count). The molecule has 0 unspecified atom stereocenters. The van der Waals surface area contributed by atoms with Crippen molar-refractivity contribution in [1.82, 2.24) is 11.0 Å². The van der Waals surface area contributed by atoms with Gasteiger partial charge in [0.25, 0.3) is 0 Å². The Bertz CT molecular complexity index is 418. The first-order valence-corrected chi connectivity index (χ1v) is 6.78. The molecule has 3 N–H and O–H groups in total. The minimum Gasteiger partial charge on any atom is -0.289 e. The van der Waals surface area contributed by atoms with Gasteiger partial charge in [0.15, 0.2) is 0 Å². The zero-order valence-electron chi connectivity index (χ0n) is 11.8. The summed E-state index contributed by atoms with van der Waals surface area (Å²) in [6.07, 6.45) is 4.69. The molecular weight excluding hydrogens is 256 g/mol. The standard InChI is InChI=1S/C15H22N2O3/c1-2-3-7-14(10-15(18)17-19)11-16-20-12-13-8-5-4-6-9-13/h4-6,8-9,11,16,19H,2-3,7,10,12H2,1H3,(H,17,18). The van der Waals surface area contributed by atoms with Crippen LogP contribution < -0.4 is 11.0 Å². The van der Waals surface area contributed by atoms with Gasteiger partial charge in [-0.2, -0.15) is 0 Å². The van der Waals surface area contributed by atoms with Gasteiger partial charge in [0.1, 0.15) is 0 Å². The summed E-state index contributed by atoms with van der Waals surface area (Å²) in [7, 11) is 0. The fourth-order valence-electron chi connectivity index (χ4n) is 1.69. The van der Waals surface area contributed by atoms with Gasteiger partial charge in [-0.15, -0.1) is 0 Å². The van der Waals surface area contributed by atoms with Crippen LogP contribution in [-0.2, 0) is 16.2 Å². The second-order valence-corrected chi connectivity index (χ2v) is 4.51. The monoisotopic (exact) mass is 278 g/mol. The van der Waals surface area contributed by atoms with Gasteiger partial charge >= 0.3 is 0 Å². The van der Waals surface area contributed by atoms with Crippen LogP contribution in [0.5, 0.6) is 0 Å². The van der Waals surface area contributed by atoms with Gasteiger partial charge in [-0.25, -0.2) is 5.48 Å². The van der Waals surface area contributed by atoms with Crippen molar-refractivity contribution >= 4 is 5.91 Å². The third kappa shape index (κ3) is 6.92. The lowest BCUT2D eigenvalue weighted by Gasteiger charge is -2.08. The first-order valence-electron chi connectivity index (χ1n) is 6.78. The van der Waals surface area contributed by atoms with Crippen molar-refractivity contribution in [2.24, 2.45) is 0 Å². The van der Waals surface area contributed by atoms with Crippen molar-refractivity contribution in [2.45, 2.75) is 39.2 Å². The summed E-state index contributed by atoms with van der Waals surface area (Å²) in [5.74, 6) is -0.419. The molecule has 20 heavy (non-hydrogen) atoms. The molecule has 0 aliphatic heterocycles. The number of hydrogen-bond donors (Lipinski definition) is 3. The summed E-state index contributed by atoms with van der Waals surface area (Å²) in [5.41, 5.74) is 6.35. The Labute approximate surface area is 119 Å². The molecule has 0 bridgehead atoms. The molecule has 0 spiro atoms. The van der Waals surface area contributed by atoms with Crippen molar-refractivity contribution in [3.8, 4) is 0 Å². The first kappa shape index (κ1) is 16.2. The molecule has 0 saturated carbocycles. The zero-order chi connectivity index (χ0) is 14.6. The SMILES string of the molecule is CCCCC(=CNOCc1ccccc1)CC(=O)NO. The largest absolute Gasteiger partial charge is 0.289 e. The van der Waals surface area contributed by atoms with E-state index in [1.54, 1.807) is 11.7 Å². The Hall–Kier alpha value is -1.85. The summed E-state index contributed by atoms with van der Waals surface area (Å²) in [6, 6.07) is 9.80. The van der Waals surface area contributed by atoms with E-state index in [0.717, 1.165) is 30.4 Å². The summed E-state index contributed by atoms with van der Waals surface area (Å²) < 4.78 is 0. The van der Waals surface area contributed by atoms with E-state index in [1.165, 1.54) is 0 Å². The molecule has 1 aromatic rings. The molecule has 0 fully saturated rings.